The van der Waals surface area contributed by atoms with E-state index in [1.54, 1.807) is 24.3 Å². The number of carbonyl (C=O) groups excluding carboxylic acids is 3. The summed E-state index contributed by atoms with van der Waals surface area (Å²) in [7, 11) is 0. The zero-order valence-electron chi connectivity index (χ0n) is 16.9. The molecule has 4 rings (SSSR count). The number of rotatable bonds is 3. The Balaban J connectivity index is 1.52. The van der Waals surface area contributed by atoms with Gasteiger partial charge in [-0.2, -0.15) is 0 Å². The Morgan fingerprint density at radius 1 is 0.966 bits per heavy atom. The first-order chi connectivity index (χ1) is 13.8. The number of nitrogens with zero attached hydrogens (tertiary/aromatic N) is 1. The molecule has 29 heavy (non-hydrogen) atoms. The number of hydrogen-bond acceptors (Lipinski definition) is 3. The fourth-order valence-electron chi connectivity index (χ4n) is 4.12. The highest BCUT2D eigenvalue weighted by Crippen LogP contribution is 2.39. The van der Waals surface area contributed by atoms with Gasteiger partial charge in [0, 0.05) is 11.3 Å². The summed E-state index contributed by atoms with van der Waals surface area (Å²) in [6.45, 7) is 5.92. The molecule has 0 saturated carbocycles. The predicted octanol–water partition coefficient (Wildman–Crippen LogP) is 4.40. The molecule has 0 unspecified atom stereocenters. The topological polar surface area (TPSA) is 66.5 Å². The van der Waals surface area contributed by atoms with Gasteiger partial charge in [0.05, 0.1) is 17.5 Å². The fourth-order valence-corrected chi connectivity index (χ4v) is 4.12. The Bertz CT molecular complexity index is 1040. The van der Waals surface area contributed by atoms with Crippen LogP contribution in [0.2, 0.25) is 0 Å². The number of allylic oxidation sites excluding steroid dienone is 2. The van der Waals surface area contributed by atoms with Crippen molar-refractivity contribution in [3.8, 4) is 0 Å². The van der Waals surface area contributed by atoms with Crippen molar-refractivity contribution < 1.29 is 14.4 Å². The lowest BCUT2D eigenvalue weighted by Gasteiger charge is -2.18. The van der Waals surface area contributed by atoms with Crippen LogP contribution >= 0.6 is 0 Å². The van der Waals surface area contributed by atoms with Crippen LogP contribution in [0, 0.1) is 25.7 Å². The van der Waals surface area contributed by atoms with Gasteiger partial charge in [0.1, 0.15) is 0 Å². The molecule has 1 aliphatic heterocycles. The lowest BCUT2D eigenvalue weighted by Crippen LogP contribution is -2.30. The van der Waals surface area contributed by atoms with Crippen LogP contribution in [0.1, 0.15) is 41.3 Å². The van der Waals surface area contributed by atoms with Crippen molar-refractivity contribution in [2.75, 3.05) is 10.2 Å². The summed E-state index contributed by atoms with van der Waals surface area (Å²) < 4.78 is 0. The number of amides is 3. The minimum atomic E-state index is -0.265. The Labute approximate surface area is 170 Å². The molecular formula is C24H24N2O3. The van der Waals surface area contributed by atoms with Crippen LogP contribution in [-0.2, 0) is 9.59 Å². The van der Waals surface area contributed by atoms with Gasteiger partial charge in [-0.1, -0.05) is 23.8 Å². The minimum absolute atomic E-state index is 0.139. The van der Waals surface area contributed by atoms with E-state index < -0.39 is 0 Å². The molecule has 5 heteroatoms. The SMILES string of the molecule is CC1=CC[C@H]2C(=O)N(c3ccc(C(=O)Nc4cc(C)ccc4C)cc3)C(=O)[C@@H]2C1. The summed E-state index contributed by atoms with van der Waals surface area (Å²) in [6.07, 6.45) is 3.31. The first-order valence-corrected chi connectivity index (χ1v) is 9.87. The van der Waals surface area contributed by atoms with Gasteiger partial charge in [-0.15, -0.1) is 0 Å². The van der Waals surface area contributed by atoms with Gasteiger partial charge in [0.15, 0.2) is 0 Å². The zero-order valence-corrected chi connectivity index (χ0v) is 16.9. The lowest BCUT2D eigenvalue weighted by atomic mass is 9.82. The van der Waals surface area contributed by atoms with Crippen LogP contribution < -0.4 is 10.2 Å². The molecule has 148 valence electrons. The average molecular weight is 388 g/mol. The van der Waals surface area contributed by atoms with Crippen LogP contribution in [0.15, 0.2) is 54.1 Å². The Morgan fingerprint density at radius 2 is 1.66 bits per heavy atom. The molecular weight excluding hydrogens is 364 g/mol. The molecule has 2 aromatic rings. The average Bonchev–Trinajstić information content (AvgIpc) is 2.94. The molecule has 1 aliphatic carbocycles. The maximum atomic E-state index is 12.8. The summed E-state index contributed by atoms with van der Waals surface area (Å²) in [5.74, 6) is -1.03. The van der Waals surface area contributed by atoms with Gasteiger partial charge in [0.25, 0.3) is 5.91 Å². The summed E-state index contributed by atoms with van der Waals surface area (Å²) >= 11 is 0. The third-order valence-electron chi connectivity index (χ3n) is 5.85. The van der Waals surface area contributed by atoms with E-state index in [4.69, 9.17) is 0 Å². The smallest absolute Gasteiger partial charge is 0.255 e. The molecule has 1 N–H and O–H groups in total. The maximum absolute atomic E-state index is 12.8. The van der Waals surface area contributed by atoms with Crippen molar-refractivity contribution in [2.45, 2.75) is 33.6 Å². The van der Waals surface area contributed by atoms with Gasteiger partial charge in [-0.3, -0.25) is 19.3 Å². The second-order valence-electron chi connectivity index (χ2n) is 8.03. The summed E-state index contributed by atoms with van der Waals surface area (Å²) in [4.78, 5) is 39.5. The molecule has 0 radical (unpaired) electrons. The van der Waals surface area contributed by atoms with Gasteiger partial charge in [-0.05, 0) is 75.1 Å². The van der Waals surface area contributed by atoms with Crippen molar-refractivity contribution in [2.24, 2.45) is 11.8 Å². The Morgan fingerprint density at radius 3 is 2.38 bits per heavy atom. The predicted molar refractivity (Wildman–Crippen MR) is 113 cm³/mol. The maximum Gasteiger partial charge on any atom is 0.255 e. The zero-order chi connectivity index (χ0) is 20.7. The van der Waals surface area contributed by atoms with E-state index in [1.807, 2.05) is 39.0 Å². The number of nitrogens with one attached hydrogen (secondary N) is 1. The number of carbonyl (C=O) groups is 3. The molecule has 5 nitrogen and oxygen atoms in total. The van der Waals surface area contributed by atoms with Crippen LogP contribution in [0.25, 0.3) is 0 Å². The van der Waals surface area contributed by atoms with Gasteiger partial charge >= 0.3 is 0 Å². The van der Waals surface area contributed by atoms with Crippen LogP contribution in [-0.4, -0.2) is 17.7 Å². The first kappa shape index (κ1) is 19.1. The van der Waals surface area contributed by atoms with E-state index in [0.29, 0.717) is 24.1 Å². The van der Waals surface area contributed by atoms with E-state index in [2.05, 4.69) is 11.4 Å². The molecule has 0 spiro atoms. The number of hydrogen-bond donors (Lipinski definition) is 1. The van der Waals surface area contributed by atoms with Gasteiger partial charge in [-0.25, -0.2) is 0 Å². The van der Waals surface area contributed by atoms with E-state index in [-0.39, 0.29) is 29.6 Å². The largest absolute Gasteiger partial charge is 0.322 e. The highest BCUT2D eigenvalue weighted by Gasteiger charge is 2.48. The second-order valence-corrected chi connectivity index (χ2v) is 8.03. The number of fused-ring (bicyclic) bond motifs is 1. The molecule has 0 aromatic heterocycles. The molecule has 2 aromatic carbocycles. The van der Waals surface area contributed by atoms with Crippen molar-refractivity contribution in [1.82, 2.24) is 0 Å². The molecule has 1 heterocycles. The summed E-state index contributed by atoms with van der Waals surface area (Å²) in [5.41, 5.74) is 4.99. The standard InChI is InChI=1S/C24H24N2O3/c1-14-5-11-19-20(12-14)24(29)26(23(19)28)18-9-7-17(8-10-18)22(27)25-21-13-15(2)4-6-16(21)3/h4-10,13,19-20H,11-12H2,1-3H3,(H,25,27)/t19-,20-/m1/s1. The van der Waals surface area contributed by atoms with Crippen molar-refractivity contribution in [3.63, 3.8) is 0 Å². The highest BCUT2D eigenvalue weighted by atomic mass is 16.2. The van der Waals surface area contributed by atoms with Crippen LogP contribution in [0.4, 0.5) is 11.4 Å². The number of aryl methyl sites for hydroxylation is 2. The minimum Gasteiger partial charge on any atom is -0.322 e. The van der Waals surface area contributed by atoms with E-state index in [9.17, 15) is 14.4 Å². The van der Waals surface area contributed by atoms with Crippen molar-refractivity contribution >= 4 is 29.1 Å². The fraction of sp³-hybridized carbons (Fsp3) is 0.292. The number of anilines is 2. The third-order valence-corrected chi connectivity index (χ3v) is 5.85. The molecule has 1 fully saturated rings. The molecule has 0 bridgehead atoms. The molecule has 1 saturated heterocycles. The third kappa shape index (κ3) is 3.48. The summed E-state index contributed by atoms with van der Waals surface area (Å²) in [6, 6.07) is 12.6. The Kier molecular flexibility index (Phi) is 4.82. The first-order valence-electron chi connectivity index (χ1n) is 9.87. The lowest BCUT2D eigenvalue weighted by molar-refractivity contribution is -0.122. The monoisotopic (exact) mass is 388 g/mol. The Hall–Kier alpha value is -3.21. The molecule has 2 aliphatic rings. The second kappa shape index (κ2) is 7.32. The number of benzene rings is 2. The summed E-state index contributed by atoms with van der Waals surface area (Å²) in [5, 5.41) is 2.93. The van der Waals surface area contributed by atoms with Crippen molar-refractivity contribution in [3.05, 3.63) is 70.8 Å². The normalized spacial score (nSPS) is 21.1. The van der Waals surface area contributed by atoms with Gasteiger partial charge in [0.2, 0.25) is 11.8 Å². The molecule has 2 atom stereocenters. The van der Waals surface area contributed by atoms with E-state index in [0.717, 1.165) is 22.4 Å². The number of imide groups is 1. The van der Waals surface area contributed by atoms with Crippen LogP contribution in [0.3, 0.4) is 0 Å². The van der Waals surface area contributed by atoms with Crippen LogP contribution in [0.5, 0.6) is 0 Å². The molecule has 3 amide bonds. The van der Waals surface area contributed by atoms with E-state index in [1.165, 1.54) is 4.90 Å². The van der Waals surface area contributed by atoms with Crippen molar-refractivity contribution in [1.29, 1.82) is 0 Å². The van der Waals surface area contributed by atoms with E-state index >= 15 is 0 Å². The highest BCUT2D eigenvalue weighted by molar-refractivity contribution is 6.22. The van der Waals surface area contributed by atoms with Gasteiger partial charge < -0.3 is 5.32 Å². The quantitative estimate of drug-likeness (QED) is 0.626.